The van der Waals surface area contributed by atoms with Gasteiger partial charge in [-0.25, -0.2) is 4.98 Å². The minimum Gasteiger partial charge on any atom is -0.293 e. The van der Waals surface area contributed by atoms with Crippen LogP contribution in [0.4, 0.5) is 0 Å². The van der Waals surface area contributed by atoms with Crippen molar-refractivity contribution in [1.29, 1.82) is 5.26 Å². The maximum absolute atomic E-state index is 12.0. The molecule has 0 saturated heterocycles. The summed E-state index contributed by atoms with van der Waals surface area (Å²) in [4.78, 5) is 16.5. The summed E-state index contributed by atoms with van der Waals surface area (Å²) in [5.74, 6) is 0.479. The van der Waals surface area contributed by atoms with Crippen molar-refractivity contribution in [3.8, 4) is 6.07 Å². The number of hydrogen-bond donors (Lipinski definition) is 0. The van der Waals surface area contributed by atoms with Gasteiger partial charge in [-0.1, -0.05) is 20.8 Å². The van der Waals surface area contributed by atoms with Crippen molar-refractivity contribution in [3.63, 3.8) is 0 Å². The fourth-order valence-corrected chi connectivity index (χ4v) is 2.53. The van der Waals surface area contributed by atoms with Gasteiger partial charge in [0, 0.05) is 16.7 Å². The molecule has 2 rings (SSSR count). The summed E-state index contributed by atoms with van der Waals surface area (Å²) in [7, 11) is 0. The standard InChI is InChI=1S/C14H16N2OS/c1-14(2,3)12(17)10(7-15)6-11-8-18-13(16-11)9-4-5-9/h6,8-9H,4-5H2,1-3H3/b10-6+. The highest BCUT2D eigenvalue weighted by Crippen LogP contribution is 2.41. The Morgan fingerprint density at radius 2 is 2.22 bits per heavy atom. The maximum atomic E-state index is 12.0. The second kappa shape index (κ2) is 4.66. The summed E-state index contributed by atoms with van der Waals surface area (Å²) in [6.45, 7) is 5.45. The molecule has 4 heteroatoms. The number of nitriles is 1. The van der Waals surface area contributed by atoms with E-state index in [0.29, 0.717) is 5.92 Å². The van der Waals surface area contributed by atoms with Crippen molar-refractivity contribution in [3.05, 3.63) is 21.7 Å². The molecular weight excluding hydrogens is 244 g/mol. The van der Waals surface area contributed by atoms with Crippen molar-refractivity contribution < 1.29 is 4.79 Å². The lowest BCUT2D eigenvalue weighted by Gasteiger charge is -2.15. The van der Waals surface area contributed by atoms with Crippen LogP contribution < -0.4 is 0 Å². The number of rotatable bonds is 3. The summed E-state index contributed by atoms with van der Waals surface area (Å²) >= 11 is 1.62. The molecule has 1 aromatic rings. The summed E-state index contributed by atoms with van der Waals surface area (Å²) in [6.07, 6.45) is 4.03. The van der Waals surface area contributed by atoms with E-state index in [1.807, 2.05) is 32.2 Å². The van der Waals surface area contributed by atoms with Gasteiger partial charge in [0.05, 0.1) is 16.3 Å². The van der Waals surface area contributed by atoms with E-state index in [2.05, 4.69) is 4.98 Å². The van der Waals surface area contributed by atoms with E-state index in [9.17, 15) is 4.79 Å². The predicted molar refractivity (Wildman–Crippen MR) is 72.1 cm³/mol. The number of carbonyl (C=O) groups is 1. The van der Waals surface area contributed by atoms with Gasteiger partial charge in [0.2, 0.25) is 0 Å². The first-order valence-electron chi connectivity index (χ1n) is 6.04. The molecule has 0 amide bonds. The minimum absolute atomic E-state index is 0.133. The smallest absolute Gasteiger partial charge is 0.178 e. The Morgan fingerprint density at radius 3 is 2.72 bits per heavy atom. The van der Waals surface area contributed by atoms with Gasteiger partial charge in [0.25, 0.3) is 0 Å². The van der Waals surface area contributed by atoms with Gasteiger partial charge in [0.15, 0.2) is 5.78 Å². The van der Waals surface area contributed by atoms with Crippen LogP contribution >= 0.6 is 11.3 Å². The highest BCUT2D eigenvalue weighted by atomic mass is 32.1. The third-order valence-electron chi connectivity index (χ3n) is 2.80. The van der Waals surface area contributed by atoms with Crippen molar-refractivity contribution in [2.45, 2.75) is 39.5 Å². The van der Waals surface area contributed by atoms with E-state index in [4.69, 9.17) is 5.26 Å². The molecule has 1 fully saturated rings. The second-order valence-corrected chi connectivity index (χ2v) is 6.52. The summed E-state index contributed by atoms with van der Waals surface area (Å²) in [5.41, 5.74) is 0.392. The Kier molecular flexibility index (Phi) is 3.36. The van der Waals surface area contributed by atoms with Crippen LogP contribution in [0.2, 0.25) is 0 Å². The number of allylic oxidation sites excluding steroid dienone is 1. The van der Waals surface area contributed by atoms with Crippen LogP contribution in [0.3, 0.4) is 0 Å². The molecule has 0 N–H and O–H groups in total. The van der Waals surface area contributed by atoms with E-state index >= 15 is 0 Å². The van der Waals surface area contributed by atoms with Gasteiger partial charge in [-0.15, -0.1) is 11.3 Å². The highest BCUT2D eigenvalue weighted by molar-refractivity contribution is 7.09. The first kappa shape index (κ1) is 13.0. The van der Waals surface area contributed by atoms with Crippen LogP contribution in [0.25, 0.3) is 6.08 Å². The zero-order valence-electron chi connectivity index (χ0n) is 10.9. The highest BCUT2D eigenvalue weighted by Gasteiger charge is 2.27. The first-order valence-corrected chi connectivity index (χ1v) is 6.92. The quantitative estimate of drug-likeness (QED) is 0.617. The molecule has 0 radical (unpaired) electrons. The van der Waals surface area contributed by atoms with Crippen LogP contribution in [-0.4, -0.2) is 10.8 Å². The Morgan fingerprint density at radius 1 is 1.56 bits per heavy atom. The molecule has 1 heterocycles. The van der Waals surface area contributed by atoms with Crippen LogP contribution in [-0.2, 0) is 4.79 Å². The van der Waals surface area contributed by atoms with Gasteiger partial charge in [-0.3, -0.25) is 4.79 Å². The SMILES string of the molecule is CC(C)(C)C(=O)/C(C#N)=C/c1csc(C2CC2)n1. The molecule has 1 aromatic heterocycles. The van der Waals surface area contributed by atoms with E-state index in [0.717, 1.165) is 10.7 Å². The van der Waals surface area contributed by atoms with Crippen molar-refractivity contribution in [1.82, 2.24) is 4.98 Å². The summed E-state index contributed by atoms with van der Waals surface area (Å²) < 4.78 is 0. The minimum atomic E-state index is -0.531. The van der Waals surface area contributed by atoms with Gasteiger partial charge in [-0.05, 0) is 18.9 Å². The van der Waals surface area contributed by atoms with Crippen molar-refractivity contribution in [2.24, 2.45) is 5.41 Å². The molecule has 0 aliphatic heterocycles. The lowest BCUT2D eigenvalue weighted by atomic mass is 9.86. The van der Waals surface area contributed by atoms with Gasteiger partial charge in [-0.2, -0.15) is 5.26 Å². The molecule has 0 bridgehead atoms. The van der Waals surface area contributed by atoms with E-state index in [1.165, 1.54) is 12.8 Å². The Balaban J connectivity index is 2.23. The third kappa shape index (κ3) is 2.85. The van der Waals surface area contributed by atoms with Gasteiger partial charge < -0.3 is 0 Å². The number of Topliss-reactive ketones (excluding diaryl/α,β-unsaturated/α-hetero) is 1. The lowest BCUT2D eigenvalue weighted by molar-refractivity contribution is -0.121. The fraction of sp³-hybridized carbons (Fsp3) is 0.500. The number of ketones is 1. The second-order valence-electron chi connectivity index (χ2n) is 5.63. The molecule has 0 spiro atoms. The van der Waals surface area contributed by atoms with Gasteiger partial charge in [0.1, 0.15) is 6.07 Å². The molecule has 94 valence electrons. The first-order chi connectivity index (χ1) is 8.41. The molecule has 1 saturated carbocycles. The van der Waals surface area contributed by atoms with Crippen LogP contribution in [0.5, 0.6) is 0 Å². The lowest BCUT2D eigenvalue weighted by Crippen LogP contribution is -2.21. The number of carbonyl (C=O) groups excluding carboxylic acids is 1. The summed E-state index contributed by atoms with van der Waals surface area (Å²) in [5, 5.41) is 12.1. The van der Waals surface area contributed by atoms with E-state index in [-0.39, 0.29) is 11.4 Å². The van der Waals surface area contributed by atoms with Crippen molar-refractivity contribution >= 4 is 23.2 Å². The number of hydrogen-bond acceptors (Lipinski definition) is 4. The normalized spacial score (nSPS) is 16.4. The zero-order valence-corrected chi connectivity index (χ0v) is 11.7. The number of aromatic nitrogens is 1. The maximum Gasteiger partial charge on any atom is 0.178 e. The molecule has 0 unspecified atom stereocenters. The number of thiazole rings is 1. The average Bonchev–Trinajstić information content (AvgIpc) is 3.05. The predicted octanol–water partition coefficient (Wildman–Crippen LogP) is 3.54. The average molecular weight is 260 g/mol. The molecule has 18 heavy (non-hydrogen) atoms. The van der Waals surface area contributed by atoms with E-state index < -0.39 is 5.41 Å². The largest absolute Gasteiger partial charge is 0.293 e. The molecular formula is C14H16N2OS. The Hall–Kier alpha value is -1.47. The molecule has 3 nitrogen and oxygen atoms in total. The monoisotopic (exact) mass is 260 g/mol. The summed E-state index contributed by atoms with van der Waals surface area (Å²) in [6, 6.07) is 1.99. The number of nitrogens with zero attached hydrogens (tertiary/aromatic N) is 2. The third-order valence-corrected chi connectivity index (χ3v) is 3.83. The Labute approximate surface area is 111 Å². The topological polar surface area (TPSA) is 53.8 Å². The molecule has 0 aromatic carbocycles. The van der Waals surface area contributed by atoms with E-state index in [1.54, 1.807) is 17.4 Å². The van der Waals surface area contributed by atoms with Crippen LogP contribution in [0.15, 0.2) is 11.0 Å². The zero-order chi connectivity index (χ0) is 13.3. The molecule has 1 aliphatic carbocycles. The molecule has 1 aliphatic rings. The fourth-order valence-electron chi connectivity index (χ4n) is 1.59. The van der Waals surface area contributed by atoms with Crippen molar-refractivity contribution in [2.75, 3.05) is 0 Å². The van der Waals surface area contributed by atoms with Crippen LogP contribution in [0, 0.1) is 16.7 Å². The Bertz CT molecular complexity index is 539. The van der Waals surface area contributed by atoms with Gasteiger partial charge >= 0.3 is 0 Å². The van der Waals surface area contributed by atoms with Crippen LogP contribution in [0.1, 0.15) is 50.2 Å². The molecule has 0 atom stereocenters.